The zero-order valence-corrected chi connectivity index (χ0v) is 12.0. The summed E-state index contributed by atoms with van der Waals surface area (Å²) in [5.74, 6) is 0.0662. The average Bonchev–Trinajstić information content (AvgIpc) is 2.91. The van der Waals surface area contributed by atoms with Gasteiger partial charge in [0.05, 0.1) is 17.8 Å². The Morgan fingerprint density at radius 2 is 2.17 bits per heavy atom. The largest absolute Gasteiger partial charge is 0.492 e. The number of aromatic nitrogens is 2. The fourth-order valence-electron chi connectivity index (χ4n) is 2.44. The highest BCUT2D eigenvalue weighted by Gasteiger charge is 2.29. The summed E-state index contributed by atoms with van der Waals surface area (Å²) in [7, 11) is 0. The number of benzene rings is 1. The van der Waals surface area contributed by atoms with Crippen molar-refractivity contribution in [3.05, 3.63) is 42.2 Å². The number of carbonyl (C=O) groups is 1. The zero-order valence-electron chi connectivity index (χ0n) is 12.0. The molecule has 1 aromatic carbocycles. The number of alkyl halides is 3. The van der Waals surface area contributed by atoms with E-state index in [1.807, 2.05) is 24.3 Å². The number of rotatable bonds is 3. The molecule has 1 N–H and O–H groups in total. The van der Waals surface area contributed by atoms with Crippen molar-refractivity contribution in [1.82, 2.24) is 9.78 Å². The van der Waals surface area contributed by atoms with Crippen LogP contribution in [0.5, 0.6) is 5.75 Å². The number of anilines is 1. The molecule has 2 heterocycles. The highest BCUT2D eigenvalue weighted by atomic mass is 19.4. The van der Waals surface area contributed by atoms with Crippen molar-refractivity contribution in [1.29, 1.82) is 0 Å². The van der Waals surface area contributed by atoms with Gasteiger partial charge in [0.25, 0.3) is 0 Å². The van der Waals surface area contributed by atoms with Crippen LogP contribution in [0, 0.1) is 5.92 Å². The van der Waals surface area contributed by atoms with E-state index < -0.39 is 18.6 Å². The molecular weight excluding hydrogens is 311 g/mol. The second kappa shape index (κ2) is 5.94. The van der Waals surface area contributed by atoms with Crippen LogP contribution in [0.2, 0.25) is 0 Å². The Morgan fingerprint density at radius 1 is 1.39 bits per heavy atom. The van der Waals surface area contributed by atoms with Gasteiger partial charge in [-0.05, 0) is 18.1 Å². The molecule has 1 aliphatic heterocycles. The van der Waals surface area contributed by atoms with Gasteiger partial charge in [-0.25, -0.2) is 0 Å². The summed E-state index contributed by atoms with van der Waals surface area (Å²) in [5.41, 5.74) is 1.17. The van der Waals surface area contributed by atoms with Gasteiger partial charge in [-0.3, -0.25) is 9.48 Å². The van der Waals surface area contributed by atoms with Gasteiger partial charge in [0.1, 0.15) is 18.9 Å². The maximum Gasteiger partial charge on any atom is 0.408 e. The standard InChI is InChI=1S/C15H14F3N3O2/c16-15(17,18)9-21-7-12(6-19-21)20-14(22)11-5-10-3-1-2-4-13(10)23-8-11/h1-4,6-7,11H,5,8-9H2,(H,20,22). The number of carbonyl (C=O) groups excluding carboxylic acids is 1. The molecule has 1 aromatic heterocycles. The highest BCUT2D eigenvalue weighted by Crippen LogP contribution is 2.27. The van der Waals surface area contributed by atoms with Crippen molar-refractivity contribution in [2.75, 3.05) is 11.9 Å². The number of hydrogen-bond acceptors (Lipinski definition) is 3. The summed E-state index contributed by atoms with van der Waals surface area (Å²) in [6, 6.07) is 7.44. The first kappa shape index (κ1) is 15.4. The van der Waals surface area contributed by atoms with Crippen LogP contribution >= 0.6 is 0 Å². The van der Waals surface area contributed by atoms with Crippen molar-refractivity contribution in [3.8, 4) is 5.75 Å². The lowest BCUT2D eigenvalue weighted by Gasteiger charge is -2.24. The molecule has 1 aliphatic rings. The van der Waals surface area contributed by atoms with Crippen molar-refractivity contribution >= 4 is 11.6 Å². The van der Waals surface area contributed by atoms with Crippen LogP contribution in [0.4, 0.5) is 18.9 Å². The Labute approximate surface area is 130 Å². The van der Waals surface area contributed by atoms with E-state index in [1.54, 1.807) is 0 Å². The van der Waals surface area contributed by atoms with Crippen molar-refractivity contribution in [2.24, 2.45) is 5.92 Å². The van der Waals surface area contributed by atoms with Crippen LogP contribution in [-0.2, 0) is 17.8 Å². The fourth-order valence-corrected chi connectivity index (χ4v) is 2.44. The molecule has 1 unspecified atom stereocenters. The van der Waals surface area contributed by atoms with Gasteiger partial charge >= 0.3 is 6.18 Å². The molecule has 23 heavy (non-hydrogen) atoms. The van der Waals surface area contributed by atoms with Crippen LogP contribution in [0.15, 0.2) is 36.7 Å². The van der Waals surface area contributed by atoms with E-state index in [9.17, 15) is 18.0 Å². The smallest absolute Gasteiger partial charge is 0.408 e. The molecule has 0 bridgehead atoms. The van der Waals surface area contributed by atoms with E-state index in [0.717, 1.165) is 22.2 Å². The number of nitrogens with one attached hydrogen (secondary N) is 1. The number of halogens is 3. The topological polar surface area (TPSA) is 56.2 Å². The maximum absolute atomic E-state index is 12.3. The van der Waals surface area contributed by atoms with Crippen molar-refractivity contribution < 1.29 is 22.7 Å². The monoisotopic (exact) mass is 325 g/mol. The minimum atomic E-state index is -4.35. The second-order valence-corrected chi connectivity index (χ2v) is 5.35. The Hall–Kier alpha value is -2.51. The van der Waals surface area contributed by atoms with Gasteiger partial charge in [0.2, 0.25) is 5.91 Å². The number of para-hydroxylation sites is 1. The van der Waals surface area contributed by atoms with Gasteiger partial charge in [-0.15, -0.1) is 0 Å². The highest BCUT2D eigenvalue weighted by molar-refractivity contribution is 5.92. The molecule has 0 saturated heterocycles. The third-order valence-electron chi connectivity index (χ3n) is 3.49. The third kappa shape index (κ3) is 3.82. The normalized spacial score (nSPS) is 17.3. The van der Waals surface area contributed by atoms with Gasteiger partial charge in [0.15, 0.2) is 0 Å². The lowest BCUT2D eigenvalue weighted by Crippen LogP contribution is -2.32. The number of ether oxygens (including phenoxy) is 1. The van der Waals surface area contributed by atoms with Crippen LogP contribution in [-0.4, -0.2) is 28.5 Å². The molecule has 3 rings (SSSR count). The van der Waals surface area contributed by atoms with Crippen LogP contribution in [0.1, 0.15) is 5.56 Å². The molecule has 8 heteroatoms. The number of hydrogen-bond donors (Lipinski definition) is 1. The molecule has 2 aromatic rings. The van der Waals surface area contributed by atoms with Gasteiger partial charge in [-0.2, -0.15) is 18.3 Å². The van der Waals surface area contributed by atoms with E-state index in [-0.39, 0.29) is 18.2 Å². The number of nitrogens with zero attached hydrogens (tertiary/aromatic N) is 2. The summed E-state index contributed by atoms with van der Waals surface area (Å²) >= 11 is 0. The summed E-state index contributed by atoms with van der Waals surface area (Å²) in [6.07, 6.45) is -1.47. The Morgan fingerprint density at radius 3 is 2.96 bits per heavy atom. The number of fused-ring (bicyclic) bond motifs is 1. The number of amides is 1. The Balaban J connectivity index is 1.62. The molecule has 0 fully saturated rings. The summed E-state index contributed by atoms with van der Waals surface area (Å²) in [6.45, 7) is -0.956. The summed E-state index contributed by atoms with van der Waals surface area (Å²) < 4.78 is 43.1. The quantitative estimate of drug-likeness (QED) is 0.944. The lowest BCUT2D eigenvalue weighted by molar-refractivity contribution is -0.142. The Bertz CT molecular complexity index is 712. The first-order valence-corrected chi connectivity index (χ1v) is 7.01. The predicted octanol–water partition coefficient (Wildman–Crippen LogP) is 2.64. The van der Waals surface area contributed by atoms with Gasteiger partial charge < -0.3 is 10.1 Å². The molecule has 0 aliphatic carbocycles. The lowest BCUT2D eigenvalue weighted by atomic mass is 9.96. The first-order chi connectivity index (χ1) is 10.9. The zero-order chi connectivity index (χ0) is 16.4. The van der Waals surface area contributed by atoms with E-state index in [0.29, 0.717) is 6.42 Å². The van der Waals surface area contributed by atoms with E-state index in [2.05, 4.69) is 10.4 Å². The maximum atomic E-state index is 12.3. The summed E-state index contributed by atoms with van der Waals surface area (Å²) in [5, 5.41) is 6.17. The SMILES string of the molecule is O=C(Nc1cnn(CC(F)(F)F)c1)C1COc2ccccc2C1. The molecule has 5 nitrogen and oxygen atoms in total. The van der Waals surface area contributed by atoms with Crippen LogP contribution < -0.4 is 10.1 Å². The predicted molar refractivity (Wildman–Crippen MR) is 76.0 cm³/mol. The molecule has 1 amide bonds. The molecular formula is C15H14F3N3O2. The summed E-state index contributed by atoms with van der Waals surface area (Å²) in [4.78, 5) is 12.2. The minimum absolute atomic E-state index is 0.234. The molecule has 122 valence electrons. The molecule has 1 atom stereocenters. The van der Waals surface area contributed by atoms with E-state index >= 15 is 0 Å². The minimum Gasteiger partial charge on any atom is -0.492 e. The van der Waals surface area contributed by atoms with Crippen LogP contribution in [0.3, 0.4) is 0 Å². The van der Waals surface area contributed by atoms with Crippen LogP contribution in [0.25, 0.3) is 0 Å². The fraction of sp³-hybridized carbons (Fsp3) is 0.333. The first-order valence-electron chi connectivity index (χ1n) is 7.01. The van der Waals surface area contributed by atoms with Crippen molar-refractivity contribution in [2.45, 2.75) is 19.1 Å². The van der Waals surface area contributed by atoms with E-state index in [1.165, 1.54) is 6.20 Å². The second-order valence-electron chi connectivity index (χ2n) is 5.35. The third-order valence-corrected chi connectivity index (χ3v) is 3.49. The average molecular weight is 325 g/mol. The molecule has 0 spiro atoms. The van der Waals surface area contributed by atoms with Gasteiger partial charge in [-0.1, -0.05) is 18.2 Å². The van der Waals surface area contributed by atoms with Crippen molar-refractivity contribution in [3.63, 3.8) is 0 Å². The van der Waals surface area contributed by atoms with Gasteiger partial charge in [0, 0.05) is 6.20 Å². The molecule has 0 saturated carbocycles. The molecule has 0 radical (unpaired) electrons. The Kier molecular flexibility index (Phi) is 3.97. The van der Waals surface area contributed by atoms with E-state index in [4.69, 9.17) is 4.74 Å².